The van der Waals surface area contributed by atoms with Crippen molar-refractivity contribution in [3.8, 4) is 0 Å². The predicted molar refractivity (Wildman–Crippen MR) is 217 cm³/mol. The van der Waals surface area contributed by atoms with Crippen LogP contribution in [0.15, 0.2) is 30.3 Å². The lowest BCUT2D eigenvalue weighted by atomic mass is 9.88. The molecular weight excluding hydrogens is 791 g/mol. The van der Waals surface area contributed by atoms with E-state index in [2.05, 4.69) is 16.0 Å². The fourth-order valence-electron chi connectivity index (χ4n) is 7.94. The third-order valence-corrected chi connectivity index (χ3v) is 11.7. The molecule has 340 valence electrons. The molecule has 18 heteroatoms. The molecule has 0 unspecified atom stereocenters. The van der Waals surface area contributed by atoms with Crippen LogP contribution in [-0.4, -0.2) is 138 Å². The molecule has 60 heavy (non-hydrogen) atoms. The Labute approximate surface area is 351 Å². The van der Waals surface area contributed by atoms with Crippen LogP contribution in [0.1, 0.15) is 92.1 Å². The number of nitrogens with zero attached hydrogens (tertiary/aromatic N) is 2. The average Bonchev–Trinajstić information content (AvgIpc) is 3.69. The Balaban J connectivity index is 0.00000162. The summed E-state index contributed by atoms with van der Waals surface area (Å²) < 4.78 is 43.6. The van der Waals surface area contributed by atoms with Crippen molar-refractivity contribution in [3.05, 3.63) is 35.9 Å². The first-order chi connectivity index (χ1) is 28.0. The summed E-state index contributed by atoms with van der Waals surface area (Å²) in [5.74, 6) is -5.94. The molecule has 5 N–H and O–H groups in total. The van der Waals surface area contributed by atoms with Crippen molar-refractivity contribution in [3.63, 3.8) is 0 Å². The summed E-state index contributed by atoms with van der Waals surface area (Å²) >= 11 is 0. The lowest BCUT2D eigenvalue weighted by Gasteiger charge is -2.41. The summed E-state index contributed by atoms with van der Waals surface area (Å²) in [6.45, 7) is 12.7. The van der Waals surface area contributed by atoms with Crippen LogP contribution in [-0.2, 0) is 44.7 Å². The number of amides is 4. The van der Waals surface area contributed by atoms with Crippen molar-refractivity contribution in [1.82, 2.24) is 25.8 Å². The van der Waals surface area contributed by atoms with Crippen molar-refractivity contribution in [1.29, 1.82) is 0 Å². The lowest BCUT2D eigenvalue weighted by molar-refractivity contribution is -0.192. The molecule has 0 spiro atoms. The van der Waals surface area contributed by atoms with Gasteiger partial charge in [-0.05, 0) is 63.0 Å². The predicted octanol–water partition coefficient (Wildman–Crippen LogP) is 4.03. The first kappa shape index (κ1) is 51.8. The quantitative estimate of drug-likeness (QED) is 0.135. The minimum atomic E-state index is -5.08. The van der Waals surface area contributed by atoms with Crippen molar-refractivity contribution >= 4 is 35.6 Å². The van der Waals surface area contributed by atoms with Gasteiger partial charge in [-0.2, -0.15) is 13.2 Å². The van der Waals surface area contributed by atoms with Gasteiger partial charge in [0.05, 0.1) is 42.2 Å². The van der Waals surface area contributed by atoms with Gasteiger partial charge >= 0.3 is 18.1 Å². The molecule has 15 nitrogen and oxygen atoms in total. The molecule has 0 aromatic heterocycles. The van der Waals surface area contributed by atoms with E-state index in [-0.39, 0.29) is 42.4 Å². The zero-order valence-electron chi connectivity index (χ0n) is 36.3. The van der Waals surface area contributed by atoms with E-state index in [1.165, 1.54) is 7.11 Å². The van der Waals surface area contributed by atoms with Crippen molar-refractivity contribution < 1.29 is 61.6 Å². The lowest BCUT2D eigenvalue weighted by Crippen LogP contribution is -2.63. The SMILES string of the molecule is CC[C@H](C)[C@@H]([C@@H](CC(=O)N1CCC[C@H]1[C@H](OC)[C@@H](C)C(=O)N[C@@H](Cc1ccccc1)C(=O)O)OC)N(C)C(=O)[C@@H](NC(=O)[C@]1(C)CCCCN1)C(C)C.O=C(O)C(F)(F)F. The van der Waals surface area contributed by atoms with Crippen molar-refractivity contribution in [2.45, 2.75) is 141 Å². The fourth-order valence-corrected chi connectivity index (χ4v) is 7.94. The summed E-state index contributed by atoms with van der Waals surface area (Å²) in [6.07, 6.45) is -1.60. The number of likely N-dealkylation sites (tertiary alicyclic amines) is 1. The van der Waals surface area contributed by atoms with E-state index >= 15 is 0 Å². The third-order valence-electron chi connectivity index (χ3n) is 11.7. The maximum absolute atomic E-state index is 14.2. The second-order valence-corrected chi connectivity index (χ2v) is 16.4. The zero-order valence-corrected chi connectivity index (χ0v) is 36.3. The number of rotatable bonds is 19. The van der Waals surface area contributed by atoms with Crippen LogP contribution in [0, 0.1) is 17.8 Å². The normalized spacial score (nSPS) is 21.6. The van der Waals surface area contributed by atoms with Gasteiger partial charge in [0.1, 0.15) is 12.1 Å². The molecule has 2 heterocycles. The van der Waals surface area contributed by atoms with E-state index in [1.807, 2.05) is 65.0 Å². The highest BCUT2D eigenvalue weighted by molar-refractivity contribution is 5.92. The Kier molecular flexibility index (Phi) is 20.4. The zero-order chi connectivity index (χ0) is 45.5. The first-order valence-corrected chi connectivity index (χ1v) is 20.6. The minimum Gasteiger partial charge on any atom is -0.480 e. The van der Waals surface area contributed by atoms with Gasteiger partial charge in [0.25, 0.3) is 0 Å². The van der Waals surface area contributed by atoms with E-state index in [9.17, 15) is 42.3 Å². The summed E-state index contributed by atoms with van der Waals surface area (Å²) in [5, 5.41) is 26.1. The molecule has 0 bridgehead atoms. The topological polar surface area (TPSA) is 204 Å². The van der Waals surface area contributed by atoms with Gasteiger partial charge in [0.15, 0.2) is 0 Å². The Morgan fingerprint density at radius 2 is 1.60 bits per heavy atom. The average molecular weight is 858 g/mol. The molecular formula is C42H66F3N5O10. The van der Waals surface area contributed by atoms with Gasteiger partial charge in [-0.1, -0.05) is 71.4 Å². The first-order valence-electron chi connectivity index (χ1n) is 20.6. The number of hydrogen-bond acceptors (Lipinski definition) is 9. The molecule has 3 rings (SSSR count). The number of nitrogens with one attached hydrogen (secondary N) is 3. The van der Waals surface area contributed by atoms with Gasteiger partial charge in [0.2, 0.25) is 23.6 Å². The number of halogens is 3. The minimum absolute atomic E-state index is 0.00447. The van der Waals surface area contributed by atoms with Crippen LogP contribution in [0.5, 0.6) is 0 Å². The number of alkyl halides is 3. The Hall–Kier alpha value is -4.29. The molecule has 0 radical (unpaired) electrons. The number of hydrogen-bond donors (Lipinski definition) is 5. The van der Waals surface area contributed by atoms with Gasteiger partial charge in [-0.15, -0.1) is 0 Å². The molecule has 1 aromatic carbocycles. The van der Waals surface area contributed by atoms with E-state index < -0.39 is 71.9 Å². The molecule has 2 saturated heterocycles. The van der Waals surface area contributed by atoms with E-state index in [0.29, 0.717) is 25.8 Å². The Bertz CT molecular complexity index is 1580. The summed E-state index contributed by atoms with van der Waals surface area (Å²) in [7, 11) is 4.77. The fraction of sp³-hybridized carbons (Fsp3) is 0.714. The molecule has 4 amide bonds. The monoisotopic (exact) mass is 857 g/mol. The molecule has 0 saturated carbocycles. The second kappa shape index (κ2) is 23.6. The number of aliphatic carboxylic acids is 2. The van der Waals surface area contributed by atoms with Gasteiger partial charge < -0.3 is 45.4 Å². The second-order valence-electron chi connectivity index (χ2n) is 16.4. The Morgan fingerprint density at radius 3 is 2.08 bits per heavy atom. The molecule has 0 aliphatic carbocycles. The molecule has 2 fully saturated rings. The number of likely N-dealkylation sites (N-methyl/N-ethyl adjacent to an activating group) is 1. The number of carboxylic acid groups (broad SMARTS) is 2. The smallest absolute Gasteiger partial charge is 0.480 e. The van der Waals surface area contributed by atoms with Crippen LogP contribution in [0.25, 0.3) is 0 Å². The van der Waals surface area contributed by atoms with Crippen LogP contribution < -0.4 is 16.0 Å². The van der Waals surface area contributed by atoms with Crippen molar-refractivity contribution in [2.24, 2.45) is 17.8 Å². The number of benzene rings is 1. The van der Waals surface area contributed by atoms with Gasteiger partial charge in [0, 0.05) is 34.2 Å². The van der Waals surface area contributed by atoms with E-state index in [4.69, 9.17) is 19.4 Å². The van der Waals surface area contributed by atoms with E-state index in [1.54, 1.807) is 30.9 Å². The number of ether oxygens (including phenoxy) is 2. The molecule has 1 aromatic rings. The number of carbonyl (C=O) groups is 6. The summed E-state index contributed by atoms with van der Waals surface area (Å²) in [5.41, 5.74) is 0.0435. The maximum atomic E-state index is 14.2. The summed E-state index contributed by atoms with van der Waals surface area (Å²) in [6, 6.07) is 6.34. The number of methoxy groups -OCH3 is 2. The number of carbonyl (C=O) groups excluding carboxylic acids is 4. The molecule has 9 atom stereocenters. The number of carboxylic acids is 2. The molecule has 2 aliphatic rings. The molecule has 2 aliphatic heterocycles. The van der Waals surface area contributed by atoms with Crippen LogP contribution in [0.3, 0.4) is 0 Å². The largest absolute Gasteiger partial charge is 0.490 e. The van der Waals surface area contributed by atoms with Crippen molar-refractivity contribution in [2.75, 3.05) is 34.4 Å². The third kappa shape index (κ3) is 14.4. The number of piperidine rings is 1. The highest BCUT2D eigenvalue weighted by Crippen LogP contribution is 2.30. The highest BCUT2D eigenvalue weighted by atomic mass is 19.4. The standard InChI is InChI=1S/C40H65N5O8.C2HF3O2/c1-10-26(4)34(44(7)37(48)33(25(2)3)43-39(51)40(6)20-14-15-21-41-40)31(52-8)24-32(46)45-22-16-19-30(45)35(53-9)27(5)36(47)42-29(38(49)50)23-28-17-12-11-13-18-28;3-2(4,5)1(6)7/h11-13,17-18,25-27,29-31,33-35,41H,10,14-16,19-24H2,1-9H3,(H,42,47)(H,43,51)(H,49,50);(H,6,7)/t26-,27+,29-,30-,31+,33-,34-,35+,40-;/m0./s1. The van der Waals surface area contributed by atoms with Gasteiger partial charge in [-0.3, -0.25) is 19.2 Å². The van der Waals surface area contributed by atoms with Crippen LogP contribution in [0.2, 0.25) is 0 Å². The van der Waals surface area contributed by atoms with Gasteiger partial charge in [-0.25, -0.2) is 9.59 Å². The van der Waals surface area contributed by atoms with Crippen LogP contribution >= 0.6 is 0 Å². The highest BCUT2D eigenvalue weighted by Gasteiger charge is 2.44. The summed E-state index contributed by atoms with van der Waals surface area (Å²) in [4.78, 5) is 79.7. The van der Waals surface area contributed by atoms with E-state index in [0.717, 1.165) is 31.4 Å². The maximum Gasteiger partial charge on any atom is 0.490 e. The Morgan fingerprint density at radius 1 is 0.983 bits per heavy atom. The van der Waals surface area contributed by atoms with Crippen LogP contribution in [0.4, 0.5) is 13.2 Å².